The van der Waals surface area contributed by atoms with Gasteiger partial charge in [-0.25, -0.2) is 0 Å². The van der Waals surface area contributed by atoms with Gasteiger partial charge in [-0.1, -0.05) is 109 Å². The Balaban J connectivity index is 1.54. The lowest BCUT2D eigenvalue weighted by Crippen LogP contribution is -2.61. The van der Waals surface area contributed by atoms with Crippen molar-refractivity contribution >= 4 is 23.6 Å². The molecule has 0 saturated heterocycles. The van der Waals surface area contributed by atoms with E-state index < -0.39 is 60.9 Å². The molecule has 0 saturated carbocycles. The monoisotopic (exact) mass is 651 g/mol. The van der Waals surface area contributed by atoms with Crippen LogP contribution in [0.1, 0.15) is 23.1 Å². The number of para-hydroxylation sites is 1. The number of nitrogens with one attached hydrogen (secondary N) is 4. The Morgan fingerprint density at radius 1 is 0.667 bits per heavy atom. The first-order valence-corrected chi connectivity index (χ1v) is 15.7. The van der Waals surface area contributed by atoms with Crippen molar-refractivity contribution in [2.24, 2.45) is 5.73 Å². The van der Waals surface area contributed by atoms with Crippen LogP contribution in [0.15, 0.2) is 121 Å². The fourth-order valence-electron chi connectivity index (χ4n) is 5.04. The van der Waals surface area contributed by atoms with Gasteiger partial charge in [0.05, 0.1) is 18.6 Å². The Morgan fingerprint density at radius 2 is 1.19 bits per heavy atom. The fraction of sp³-hybridized carbons (Fsp3) is 0.243. The summed E-state index contributed by atoms with van der Waals surface area (Å²) in [6.45, 7) is 0.0776. The van der Waals surface area contributed by atoms with Gasteiger partial charge in [-0.15, -0.1) is 0 Å². The van der Waals surface area contributed by atoms with E-state index in [1.165, 1.54) is 0 Å². The summed E-state index contributed by atoms with van der Waals surface area (Å²) in [5, 5.41) is 23.2. The number of carbonyl (C=O) groups is 4. The second-order valence-corrected chi connectivity index (χ2v) is 11.2. The Bertz CT molecular complexity index is 1590. The van der Waals surface area contributed by atoms with Crippen LogP contribution >= 0.6 is 0 Å². The molecule has 0 aliphatic carbocycles. The van der Waals surface area contributed by atoms with Gasteiger partial charge in [-0.2, -0.15) is 0 Å². The van der Waals surface area contributed by atoms with Gasteiger partial charge in [0, 0.05) is 13.1 Å². The van der Waals surface area contributed by atoms with E-state index in [4.69, 9.17) is 10.5 Å². The first-order chi connectivity index (χ1) is 23.3. The molecule has 0 bridgehead atoms. The third kappa shape index (κ3) is 11.7. The molecule has 0 aromatic heterocycles. The summed E-state index contributed by atoms with van der Waals surface area (Å²) >= 11 is 0. The van der Waals surface area contributed by atoms with Crippen molar-refractivity contribution < 1.29 is 29.0 Å². The molecule has 7 N–H and O–H groups in total. The third-order valence-electron chi connectivity index (χ3n) is 7.51. The minimum Gasteiger partial charge on any atom is -0.484 e. The molecule has 11 nitrogen and oxygen atoms in total. The second kappa shape index (κ2) is 18.6. The van der Waals surface area contributed by atoms with Gasteiger partial charge in [0.2, 0.25) is 17.7 Å². The standard InChI is InChI=1S/C37H41N5O6/c38-32(43)22-31(41-33(44)25-48-29-19-11-4-12-20-29)36(46)42-30(21-26-13-5-1-6-14-26)35(45)34(39-23-27-15-7-2-8-16-27)37(47)40-24-28-17-9-3-10-18-28/h1-20,30-31,34-35,39,45H,21-25H2,(H2,38,43)(H,40,47)(H,41,44)(H,42,46). The molecular formula is C37H41N5O6. The molecule has 0 aliphatic rings. The van der Waals surface area contributed by atoms with Crippen molar-refractivity contribution in [2.45, 2.75) is 50.2 Å². The molecule has 250 valence electrons. The predicted molar refractivity (Wildman–Crippen MR) is 181 cm³/mol. The Morgan fingerprint density at radius 3 is 1.75 bits per heavy atom. The minimum absolute atomic E-state index is 0.136. The number of aliphatic hydroxyl groups is 1. The Hall–Kier alpha value is -5.52. The molecule has 11 heteroatoms. The van der Waals surface area contributed by atoms with Crippen molar-refractivity contribution in [3.63, 3.8) is 0 Å². The van der Waals surface area contributed by atoms with Crippen LogP contribution in [-0.2, 0) is 38.7 Å². The quantitative estimate of drug-likeness (QED) is 0.0955. The lowest BCUT2D eigenvalue weighted by Gasteiger charge is -2.32. The van der Waals surface area contributed by atoms with Gasteiger partial charge in [-0.05, 0) is 35.2 Å². The molecule has 0 spiro atoms. The lowest BCUT2D eigenvalue weighted by molar-refractivity contribution is -0.133. The SMILES string of the molecule is NC(=O)CC(NC(=O)COc1ccccc1)C(=O)NC(Cc1ccccc1)C(O)C(NCc1ccccc1)C(=O)NCc1ccccc1. The van der Waals surface area contributed by atoms with E-state index in [2.05, 4.69) is 21.3 Å². The van der Waals surface area contributed by atoms with E-state index in [-0.39, 0.29) is 19.5 Å². The number of aliphatic hydroxyl groups excluding tert-OH is 1. The smallest absolute Gasteiger partial charge is 0.258 e. The summed E-state index contributed by atoms with van der Waals surface area (Å²) in [7, 11) is 0. The maximum atomic E-state index is 13.7. The predicted octanol–water partition coefficient (Wildman–Crippen LogP) is 1.99. The third-order valence-corrected chi connectivity index (χ3v) is 7.51. The van der Waals surface area contributed by atoms with Gasteiger partial charge in [0.25, 0.3) is 5.91 Å². The van der Waals surface area contributed by atoms with Gasteiger partial charge in [0.15, 0.2) is 6.61 Å². The highest BCUT2D eigenvalue weighted by molar-refractivity contribution is 5.92. The summed E-state index contributed by atoms with van der Waals surface area (Å²) in [6.07, 6.45) is -1.80. The number of carbonyl (C=O) groups excluding carboxylic acids is 4. The Kier molecular flexibility index (Phi) is 13.7. The Labute approximate surface area is 279 Å². The fourth-order valence-corrected chi connectivity index (χ4v) is 5.04. The van der Waals surface area contributed by atoms with Crippen LogP contribution in [0.5, 0.6) is 5.75 Å². The largest absolute Gasteiger partial charge is 0.484 e. The first-order valence-electron chi connectivity index (χ1n) is 15.7. The number of primary amides is 1. The van der Waals surface area contributed by atoms with E-state index in [0.29, 0.717) is 5.75 Å². The van der Waals surface area contributed by atoms with Gasteiger partial charge in [0.1, 0.15) is 17.8 Å². The molecule has 4 aromatic rings. The summed E-state index contributed by atoms with van der Waals surface area (Å²) in [5.41, 5.74) is 7.97. The molecule has 48 heavy (non-hydrogen) atoms. The molecule has 4 unspecified atom stereocenters. The summed E-state index contributed by atoms with van der Waals surface area (Å²) in [5.74, 6) is -2.25. The number of hydrogen-bond donors (Lipinski definition) is 6. The average molecular weight is 652 g/mol. The molecule has 0 fully saturated rings. The number of hydrogen-bond acceptors (Lipinski definition) is 7. The van der Waals surface area contributed by atoms with Crippen LogP contribution in [0.4, 0.5) is 0 Å². The molecule has 4 atom stereocenters. The van der Waals surface area contributed by atoms with Crippen LogP contribution in [0.25, 0.3) is 0 Å². The zero-order chi connectivity index (χ0) is 34.1. The molecule has 4 rings (SSSR count). The van der Waals surface area contributed by atoms with Crippen LogP contribution in [0, 0.1) is 0 Å². The number of ether oxygens (including phenoxy) is 1. The van der Waals surface area contributed by atoms with Crippen molar-refractivity contribution in [3.8, 4) is 5.75 Å². The summed E-state index contributed by atoms with van der Waals surface area (Å²) in [6, 6.07) is 33.0. The van der Waals surface area contributed by atoms with Crippen molar-refractivity contribution in [2.75, 3.05) is 6.61 Å². The number of amides is 4. The van der Waals surface area contributed by atoms with Crippen LogP contribution in [-0.4, -0.2) is 59.6 Å². The van der Waals surface area contributed by atoms with Gasteiger partial charge in [-0.3, -0.25) is 24.5 Å². The molecule has 0 heterocycles. The summed E-state index contributed by atoms with van der Waals surface area (Å²) in [4.78, 5) is 52.0. The van der Waals surface area contributed by atoms with Crippen LogP contribution in [0.3, 0.4) is 0 Å². The maximum Gasteiger partial charge on any atom is 0.258 e. The zero-order valence-electron chi connectivity index (χ0n) is 26.5. The van der Waals surface area contributed by atoms with Crippen LogP contribution < -0.4 is 31.7 Å². The van der Waals surface area contributed by atoms with E-state index in [0.717, 1.165) is 16.7 Å². The number of nitrogens with two attached hydrogens (primary N) is 1. The molecule has 0 aliphatic heterocycles. The van der Waals surface area contributed by atoms with Gasteiger partial charge >= 0.3 is 0 Å². The average Bonchev–Trinajstić information content (AvgIpc) is 3.11. The second-order valence-electron chi connectivity index (χ2n) is 11.2. The number of benzene rings is 4. The topological polar surface area (TPSA) is 172 Å². The van der Waals surface area contributed by atoms with Crippen molar-refractivity contribution in [1.29, 1.82) is 0 Å². The van der Waals surface area contributed by atoms with Gasteiger partial charge < -0.3 is 31.5 Å². The van der Waals surface area contributed by atoms with E-state index in [9.17, 15) is 24.3 Å². The normalized spacial score (nSPS) is 13.3. The first kappa shape index (κ1) is 35.3. The van der Waals surface area contributed by atoms with E-state index in [1.54, 1.807) is 30.3 Å². The van der Waals surface area contributed by atoms with E-state index in [1.807, 2.05) is 91.0 Å². The molecule has 4 aromatic carbocycles. The zero-order valence-corrected chi connectivity index (χ0v) is 26.5. The van der Waals surface area contributed by atoms with Crippen LogP contribution in [0.2, 0.25) is 0 Å². The summed E-state index contributed by atoms with van der Waals surface area (Å²) < 4.78 is 5.48. The van der Waals surface area contributed by atoms with E-state index >= 15 is 0 Å². The lowest BCUT2D eigenvalue weighted by atomic mass is 9.94. The van der Waals surface area contributed by atoms with Crippen molar-refractivity contribution in [3.05, 3.63) is 138 Å². The number of rotatable bonds is 18. The van der Waals surface area contributed by atoms with Crippen molar-refractivity contribution in [1.82, 2.24) is 21.3 Å². The highest BCUT2D eigenvalue weighted by Gasteiger charge is 2.35. The maximum absolute atomic E-state index is 13.7. The highest BCUT2D eigenvalue weighted by atomic mass is 16.5. The molecule has 4 amide bonds. The minimum atomic E-state index is -1.44. The molecule has 0 radical (unpaired) electrons. The highest BCUT2D eigenvalue weighted by Crippen LogP contribution is 2.13. The molecular weight excluding hydrogens is 610 g/mol.